The van der Waals surface area contributed by atoms with Crippen LogP contribution in [-0.4, -0.2) is 24.5 Å². The normalized spacial score (nSPS) is 11.8. The molecule has 0 saturated carbocycles. The van der Waals surface area contributed by atoms with Gasteiger partial charge in [0.2, 0.25) is 0 Å². The molecule has 0 aliphatic carbocycles. The predicted molar refractivity (Wildman–Crippen MR) is 69.2 cm³/mol. The van der Waals surface area contributed by atoms with E-state index in [2.05, 4.69) is 26.1 Å². The largest absolute Gasteiger partial charge is 0.434 e. The van der Waals surface area contributed by atoms with Crippen LogP contribution in [0, 0.1) is 6.20 Å². The third-order valence-corrected chi connectivity index (χ3v) is 3.50. The van der Waals surface area contributed by atoms with Crippen molar-refractivity contribution in [3.05, 3.63) is 35.9 Å². The van der Waals surface area contributed by atoms with Gasteiger partial charge >= 0.3 is 6.18 Å². The number of halogens is 3. The van der Waals surface area contributed by atoms with Gasteiger partial charge in [-0.25, -0.2) is 19.9 Å². The molecule has 3 aromatic rings. The van der Waals surface area contributed by atoms with Gasteiger partial charge in [0.15, 0.2) is 16.5 Å². The standard InChI is InChI=1S/C12H7F3N5S/c1-20-6-16-4-8(20)7-2-3-17-10(18-7)11-19-9(5-21-11)12(13,14)15/h2,4-6H,1H3. The van der Waals surface area contributed by atoms with Gasteiger partial charge in [0.1, 0.15) is 0 Å². The summed E-state index contributed by atoms with van der Waals surface area (Å²) in [4.78, 5) is 15.6. The highest BCUT2D eigenvalue weighted by Crippen LogP contribution is 2.32. The molecular weight excluding hydrogens is 303 g/mol. The average molecular weight is 310 g/mol. The van der Waals surface area contributed by atoms with Gasteiger partial charge in [-0.2, -0.15) is 13.2 Å². The van der Waals surface area contributed by atoms with Crippen molar-refractivity contribution in [3.8, 4) is 22.2 Å². The Bertz CT molecular complexity index is 777. The van der Waals surface area contributed by atoms with E-state index in [0.717, 1.165) is 16.7 Å². The van der Waals surface area contributed by atoms with Crippen molar-refractivity contribution in [2.45, 2.75) is 6.18 Å². The first kappa shape index (κ1) is 13.7. The molecule has 1 radical (unpaired) electrons. The summed E-state index contributed by atoms with van der Waals surface area (Å²) in [5, 5.41) is 1.04. The fraction of sp³-hybridized carbons (Fsp3) is 0.167. The van der Waals surface area contributed by atoms with E-state index in [0.29, 0.717) is 11.4 Å². The maximum Gasteiger partial charge on any atom is 0.434 e. The minimum Gasteiger partial charge on any atom is -0.332 e. The van der Waals surface area contributed by atoms with Gasteiger partial charge in [0.05, 0.1) is 30.1 Å². The molecule has 0 unspecified atom stereocenters. The van der Waals surface area contributed by atoms with Crippen molar-refractivity contribution < 1.29 is 13.2 Å². The zero-order valence-corrected chi connectivity index (χ0v) is 11.4. The number of imidazole rings is 1. The molecule has 0 saturated heterocycles. The van der Waals surface area contributed by atoms with Gasteiger partial charge in [-0.3, -0.25) is 0 Å². The number of hydrogen-bond acceptors (Lipinski definition) is 5. The Balaban J connectivity index is 2.01. The molecule has 3 heterocycles. The molecule has 0 aliphatic heterocycles. The van der Waals surface area contributed by atoms with Crippen LogP contribution in [-0.2, 0) is 13.2 Å². The van der Waals surface area contributed by atoms with Gasteiger partial charge < -0.3 is 4.57 Å². The van der Waals surface area contributed by atoms with Gasteiger partial charge in [0.25, 0.3) is 0 Å². The summed E-state index contributed by atoms with van der Waals surface area (Å²) in [6, 6.07) is 1.54. The van der Waals surface area contributed by atoms with E-state index in [9.17, 15) is 13.2 Å². The Hall–Kier alpha value is -2.29. The summed E-state index contributed by atoms with van der Waals surface area (Å²) >= 11 is 0.841. The first-order chi connectivity index (χ1) is 9.95. The van der Waals surface area contributed by atoms with E-state index in [-0.39, 0.29) is 10.8 Å². The highest BCUT2D eigenvalue weighted by Gasteiger charge is 2.34. The van der Waals surface area contributed by atoms with E-state index >= 15 is 0 Å². The predicted octanol–water partition coefficient (Wildman–Crippen LogP) is 2.82. The number of rotatable bonds is 2. The van der Waals surface area contributed by atoms with Crippen LogP contribution in [0.2, 0.25) is 0 Å². The van der Waals surface area contributed by atoms with Crippen molar-refractivity contribution in [2.24, 2.45) is 7.05 Å². The van der Waals surface area contributed by atoms with Gasteiger partial charge in [0, 0.05) is 12.4 Å². The summed E-state index contributed by atoms with van der Waals surface area (Å²) in [5.74, 6) is 0.106. The zero-order valence-electron chi connectivity index (χ0n) is 10.6. The smallest absolute Gasteiger partial charge is 0.332 e. The Morgan fingerprint density at radius 3 is 2.71 bits per heavy atom. The number of hydrogen-bond donors (Lipinski definition) is 0. The van der Waals surface area contributed by atoms with Gasteiger partial charge in [-0.15, -0.1) is 11.3 Å². The Morgan fingerprint density at radius 2 is 2.10 bits per heavy atom. The Kier molecular flexibility index (Phi) is 3.20. The van der Waals surface area contributed by atoms with Crippen LogP contribution in [0.15, 0.2) is 24.0 Å². The second-order valence-electron chi connectivity index (χ2n) is 4.13. The van der Waals surface area contributed by atoms with E-state index in [1.54, 1.807) is 30.2 Å². The van der Waals surface area contributed by atoms with Crippen molar-refractivity contribution in [2.75, 3.05) is 0 Å². The molecule has 21 heavy (non-hydrogen) atoms. The lowest BCUT2D eigenvalue weighted by Crippen LogP contribution is -2.05. The minimum absolute atomic E-state index is 0.0996. The minimum atomic E-state index is -4.47. The molecule has 0 fully saturated rings. The van der Waals surface area contributed by atoms with Crippen LogP contribution < -0.4 is 0 Å². The number of nitrogens with zero attached hydrogens (tertiary/aromatic N) is 5. The summed E-state index contributed by atoms with van der Waals surface area (Å²) in [6.07, 6.45) is 1.35. The summed E-state index contributed by atoms with van der Waals surface area (Å²) < 4.78 is 39.4. The van der Waals surface area contributed by atoms with Gasteiger partial charge in [-0.05, 0) is 6.07 Å². The molecule has 107 valence electrons. The molecule has 0 atom stereocenters. The monoisotopic (exact) mass is 310 g/mol. The molecule has 0 aliphatic rings. The van der Waals surface area contributed by atoms with Crippen LogP contribution in [0.4, 0.5) is 13.2 Å². The maximum absolute atomic E-state index is 12.6. The maximum atomic E-state index is 12.6. The topological polar surface area (TPSA) is 56.5 Å². The highest BCUT2D eigenvalue weighted by atomic mass is 32.1. The number of aromatic nitrogens is 5. The molecule has 0 N–H and O–H groups in total. The SMILES string of the molecule is Cn1cncc1-c1c[c]nc(-c2nc(C(F)(F)F)cs2)n1. The van der Waals surface area contributed by atoms with Crippen LogP contribution >= 0.6 is 11.3 Å². The fourth-order valence-electron chi connectivity index (χ4n) is 1.66. The molecule has 5 nitrogen and oxygen atoms in total. The Morgan fingerprint density at radius 1 is 1.29 bits per heavy atom. The van der Waals surface area contributed by atoms with Crippen LogP contribution in [0.25, 0.3) is 22.2 Å². The highest BCUT2D eigenvalue weighted by molar-refractivity contribution is 7.13. The molecule has 3 rings (SSSR count). The molecule has 9 heteroatoms. The van der Waals surface area contributed by atoms with Gasteiger partial charge in [-0.1, -0.05) is 0 Å². The second kappa shape index (κ2) is 4.92. The fourth-order valence-corrected chi connectivity index (χ4v) is 2.42. The first-order valence-electron chi connectivity index (χ1n) is 5.70. The van der Waals surface area contributed by atoms with Crippen molar-refractivity contribution in [1.82, 2.24) is 24.5 Å². The number of thiazole rings is 1. The quantitative estimate of drug-likeness (QED) is 0.730. The molecule has 0 spiro atoms. The third-order valence-electron chi connectivity index (χ3n) is 2.66. The average Bonchev–Trinajstić information content (AvgIpc) is 3.06. The lowest BCUT2D eigenvalue weighted by Gasteiger charge is -2.02. The van der Waals surface area contributed by atoms with Crippen LogP contribution in [0.3, 0.4) is 0 Å². The van der Waals surface area contributed by atoms with Crippen LogP contribution in [0.1, 0.15) is 5.69 Å². The molecule has 0 bridgehead atoms. The summed E-state index contributed by atoms with van der Waals surface area (Å²) in [5.41, 5.74) is 0.281. The van der Waals surface area contributed by atoms with Crippen molar-refractivity contribution in [3.63, 3.8) is 0 Å². The second-order valence-corrected chi connectivity index (χ2v) is 4.99. The summed E-state index contributed by atoms with van der Waals surface area (Å²) in [6.45, 7) is 0. The first-order valence-corrected chi connectivity index (χ1v) is 6.58. The summed E-state index contributed by atoms with van der Waals surface area (Å²) in [7, 11) is 1.79. The van der Waals surface area contributed by atoms with E-state index in [4.69, 9.17) is 0 Å². The molecule has 0 aromatic carbocycles. The van der Waals surface area contributed by atoms with Crippen molar-refractivity contribution in [1.29, 1.82) is 0 Å². The number of alkyl halides is 3. The molecular formula is C12H7F3N5S. The lowest BCUT2D eigenvalue weighted by molar-refractivity contribution is -0.140. The van der Waals surface area contributed by atoms with Crippen LogP contribution in [0.5, 0.6) is 0 Å². The Labute approximate surface area is 121 Å². The lowest BCUT2D eigenvalue weighted by atomic mass is 10.3. The third kappa shape index (κ3) is 2.64. The van der Waals surface area contributed by atoms with E-state index in [1.807, 2.05) is 0 Å². The zero-order chi connectivity index (χ0) is 15.0. The van der Waals surface area contributed by atoms with E-state index < -0.39 is 11.9 Å². The number of aryl methyl sites for hydroxylation is 1. The van der Waals surface area contributed by atoms with Crippen molar-refractivity contribution >= 4 is 11.3 Å². The molecule has 3 aromatic heterocycles. The molecule has 0 amide bonds. The van der Waals surface area contributed by atoms with E-state index in [1.165, 1.54) is 0 Å².